The van der Waals surface area contributed by atoms with Crippen molar-refractivity contribution in [3.63, 3.8) is 0 Å². The van der Waals surface area contributed by atoms with E-state index in [1.807, 2.05) is 0 Å². The highest BCUT2D eigenvalue weighted by Crippen LogP contribution is 2.22. The van der Waals surface area contributed by atoms with Crippen LogP contribution < -0.4 is 11.1 Å². The Labute approximate surface area is 97.6 Å². The van der Waals surface area contributed by atoms with Gasteiger partial charge in [-0.1, -0.05) is 19.3 Å². The second kappa shape index (κ2) is 7.41. The number of aliphatic imine (C=N–C) groups is 1. The standard InChI is InChI=1S/C9H19N3.HI/c1-11-9(10)12-7-8-5-3-2-4-6-8;/h8H,2-7H2,1H3,(H3,10,11,12);1H. The summed E-state index contributed by atoms with van der Waals surface area (Å²) in [5.74, 6) is 1.39. The van der Waals surface area contributed by atoms with E-state index in [1.165, 1.54) is 32.1 Å². The van der Waals surface area contributed by atoms with E-state index in [1.54, 1.807) is 7.05 Å². The minimum absolute atomic E-state index is 0. The van der Waals surface area contributed by atoms with Crippen molar-refractivity contribution < 1.29 is 0 Å². The number of nitrogens with two attached hydrogens (primary N) is 1. The molecule has 4 heteroatoms. The van der Waals surface area contributed by atoms with Crippen LogP contribution in [0.4, 0.5) is 0 Å². The Morgan fingerprint density at radius 2 is 2.00 bits per heavy atom. The van der Waals surface area contributed by atoms with Crippen molar-refractivity contribution in [2.24, 2.45) is 16.6 Å². The molecule has 0 bridgehead atoms. The summed E-state index contributed by atoms with van der Waals surface area (Å²) in [5, 5.41) is 3.13. The summed E-state index contributed by atoms with van der Waals surface area (Å²) < 4.78 is 0. The van der Waals surface area contributed by atoms with Gasteiger partial charge in [-0.25, -0.2) is 0 Å². The molecule has 1 aliphatic carbocycles. The molecule has 0 aromatic carbocycles. The Morgan fingerprint density at radius 1 is 1.38 bits per heavy atom. The summed E-state index contributed by atoms with van der Waals surface area (Å²) >= 11 is 0. The Balaban J connectivity index is 0.00000144. The quantitative estimate of drug-likeness (QED) is 0.463. The van der Waals surface area contributed by atoms with Crippen LogP contribution in [0.25, 0.3) is 0 Å². The molecule has 1 saturated carbocycles. The van der Waals surface area contributed by atoms with Gasteiger partial charge in [0.05, 0.1) is 0 Å². The monoisotopic (exact) mass is 297 g/mol. The zero-order valence-corrected chi connectivity index (χ0v) is 10.6. The van der Waals surface area contributed by atoms with Crippen molar-refractivity contribution in [2.45, 2.75) is 32.1 Å². The molecule has 13 heavy (non-hydrogen) atoms. The molecule has 0 unspecified atom stereocenters. The lowest BCUT2D eigenvalue weighted by molar-refractivity contribution is 0.356. The highest BCUT2D eigenvalue weighted by Gasteiger charge is 2.12. The maximum absolute atomic E-state index is 5.53. The molecule has 0 saturated heterocycles. The highest BCUT2D eigenvalue weighted by atomic mass is 127. The number of halogens is 1. The predicted molar refractivity (Wildman–Crippen MR) is 67.5 cm³/mol. The fourth-order valence-electron chi connectivity index (χ4n) is 1.72. The van der Waals surface area contributed by atoms with Crippen LogP contribution in [0.15, 0.2) is 4.99 Å². The summed E-state index contributed by atoms with van der Waals surface area (Å²) in [5.41, 5.74) is 5.53. The molecule has 0 heterocycles. The van der Waals surface area contributed by atoms with Gasteiger partial charge in [-0.3, -0.25) is 4.99 Å². The van der Waals surface area contributed by atoms with Gasteiger partial charge in [-0.05, 0) is 18.8 Å². The van der Waals surface area contributed by atoms with Crippen LogP contribution in [0.3, 0.4) is 0 Å². The molecule has 0 aromatic heterocycles. The molecule has 0 aliphatic heterocycles. The van der Waals surface area contributed by atoms with Crippen LogP contribution in [0.5, 0.6) is 0 Å². The Bertz CT molecular complexity index is 153. The van der Waals surface area contributed by atoms with E-state index in [0.29, 0.717) is 5.96 Å². The molecule has 1 rings (SSSR count). The van der Waals surface area contributed by atoms with Gasteiger partial charge < -0.3 is 11.1 Å². The van der Waals surface area contributed by atoms with E-state index in [2.05, 4.69) is 10.3 Å². The van der Waals surface area contributed by atoms with Crippen LogP contribution in [0.2, 0.25) is 0 Å². The van der Waals surface area contributed by atoms with E-state index < -0.39 is 0 Å². The minimum Gasteiger partial charge on any atom is -0.370 e. The molecular formula is C9H20IN3. The van der Waals surface area contributed by atoms with Crippen molar-refractivity contribution in [1.29, 1.82) is 0 Å². The van der Waals surface area contributed by atoms with Crippen LogP contribution in [-0.2, 0) is 0 Å². The summed E-state index contributed by atoms with van der Waals surface area (Å²) in [6.45, 7) is 1.00. The van der Waals surface area contributed by atoms with Crippen LogP contribution in [0.1, 0.15) is 32.1 Å². The molecule has 0 radical (unpaired) electrons. The van der Waals surface area contributed by atoms with Gasteiger partial charge in [0.15, 0.2) is 5.96 Å². The highest BCUT2D eigenvalue weighted by molar-refractivity contribution is 14.0. The normalized spacial score (nSPS) is 19.3. The van der Waals surface area contributed by atoms with Gasteiger partial charge in [0.25, 0.3) is 0 Å². The molecule has 0 atom stereocenters. The van der Waals surface area contributed by atoms with Crippen LogP contribution in [0, 0.1) is 5.92 Å². The Morgan fingerprint density at radius 3 is 2.54 bits per heavy atom. The van der Waals surface area contributed by atoms with Gasteiger partial charge in [-0.15, -0.1) is 24.0 Å². The number of guanidine groups is 1. The first kappa shape index (κ1) is 13.0. The summed E-state index contributed by atoms with van der Waals surface area (Å²) in [6, 6.07) is 0. The first-order valence-electron chi connectivity index (χ1n) is 4.79. The number of nitrogens with one attached hydrogen (secondary N) is 1. The minimum atomic E-state index is 0. The molecule has 78 valence electrons. The van der Waals surface area contributed by atoms with Crippen LogP contribution in [-0.4, -0.2) is 19.6 Å². The smallest absolute Gasteiger partial charge is 0.188 e. The lowest BCUT2D eigenvalue weighted by Crippen LogP contribution is -2.35. The average molecular weight is 297 g/mol. The van der Waals surface area contributed by atoms with Crippen molar-refractivity contribution in [1.82, 2.24) is 5.32 Å². The third kappa shape index (κ3) is 5.33. The molecule has 1 aliphatic rings. The maximum Gasteiger partial charge on any atom is 0.188 e. The zero-order valence-electron chi connectivity index (χ0n) is 8.25. The zero-order chi connectivity index (χ0) is 8.81. The number of nitrogens with zero attached hydrogens (tertiary/aromatic N) is 1. The maximum atomic E-state index is 5.53. The van der Waals surface area contributed by atoms with E-state index in [0.717, 1.165) is 12.5 Å². The predicted octanol–water partition coefficient (Wildman–Crippen LogP) is 1.72. The van der Waals surface area contributed by atoms with Crippen molar-refractivity contribution >= 4 is 29.9 Å². The summed E-state index contributed by atoms with van der Waals surface area (Å²) in [4.78, 5) is 3.86. The summed E-state index contributed by atoms with van der Waals surface area (Å²) in [7, 11) is 1.71. The van der Waals surface area contributed by atoms with Crippen molar-refractivity contribution in [3.05, 3.63) is 0 Å². The lowest BCUT2D eigenvalue weighted by atomic mass is 9.89. The van der Waals surface area contributed by atoms with Gasteiger partial charge >= 0.3 is 0 Å². The fraction of sp³-hybridized carbons (Fsp3) is 0.889. The van der Waals surface area contributed by atoms with Crippen LogP contribution >= 0.6 is 24.0 Å². The molecule has 3 N–H and O–H groups in total. The van der Waals surface area contributed by atoms with E-state index >= 15 is 0 Å². The molecule has 0 amide bonds. The fourth-order valence-corrected chi connectivity index (χ4v) is 1.72. The third-order valence-corrected chi connectivity index (χ3v) is 2.54. The number of hydrogen-bond donors (Lipinski definition) is 2. The first-order chi connectivity index (χ1) is 5.83. The van der Waals surface area contributed by atoms with Crippen molar-refractivity contribution in [3.8, 4) is 0 Å². The number of rotatable bonds is 2. The largest absolute Gasteiger partial charge is 0.370 e. The SMILES string of the molecule is CN=C(N)NCC1CCCCC1.I. The topological polar surface area (TPSA) is 50.4 Å². The number of hydrogen-bond acceptors (Lipinski definition) is 1. The molecule has 3 nitrogen and oxygen atoms in total. The van der Waals surface area contributed by atoms with Gasteiger partial charge in [0, 0.05) is 13.6 Å². The molecular weight excluding hydrogens is 277 g/mol. The molecule has 0 spiro atoms. The summed E-state index contributed by atoms with van der Waals surface area (Å²) in [6.07, 6.45) is 6.88. The third-order valence-electron chi connectivity index (χ3n) is 2.54. The molecule has 0 aromatic rings. The van der Waals surface area contributed by atoms with Gasteiger partial charge in [0.1, 0.15) is 0 Å². The van der Waals surface area contributed by atoms with Gasteiger partial charge in [-0.2, -0.15) is 0 Å². The second-order valence-corrected chi connectivity index (χ2v) is 3.49. The Hall–Kier alpha value is 0. The molecule has 1 fully saturated rings. The van der Waals surface area contributed by atoms with E-state index in [9.17, 15) is 0 Å². The Kier molecular flexibility index (Phi) is 7.41. The van der Waals surface area contributed by atoms with E-state index in [4.69, 9.17) is 5.73 Å². The average Bonchev–Trinajstić information content (AvgIpc) is 2.16. The van der Waals surface area contributed by atoms with Gasteiger partial charge in [0.2, 0.25) is 0 Å². The van der Waals surface area contributed by atoms with Crippen molar-refractivity contribution in [2.75, 3.05) is 13.6 Å². The second-order valence-electron chi connectivity index (χ2n) is 3.49. The first-order valence-corrected chi connectivity index (χ1v) is 4.79. The lowest BCUT2D eigenvalue weighted by Gasteiger charge is -2.21. The van der Waals surface area contributed by atoms with E-state index in [-0.39, 0.29) is 24.0 Å².